The molecular formula is C23H40N2O4. The Bertz CT molecular complexity index is 612. The van der Waals surface area contributed by atoms with Crippen LogP contribution in [0.5, 0.6) is 0 Å². The number of nitrogens with zero attached hydrogens (tertiary/aromatic N) is 1. The molecule has 0 aromatic carbocycles. The van der Waals surface area contributed by atoms with Crippen molar-refractivity contribution in [2.75, 3.05) is 20.3 Å². The summed E-state index contributed by atoms with van der Waals surface area (Å²) >= 11 is 0. The highest BCUT2D eigenvalue weighted by atomic mass is 16.5. The van der Waals surface area contributed by atoms with E-state index in [4.69, 9.17) is 4.74 Å². The SMILES string of the molecule is COC[C@H]1CCCN1C(=O)C(C)[C@@H]1CC[C@@]2(C)CC[C@H](NC(C)=O)[C@@H](C)[C@@H]2[C@H]1O. The van der Waals surface area contributed by atoms with Gasteiger partial charge >= 0.3 is 0 Å². The second kappa shape index (κ2) is 8.93. The van der Waals surface area contributed by atoms with Crippen molar-refractivity contribution in [2.24, 2.45) is 29.1 Å². The molecular weight excluding hydrogens is 368 g/mol. The van der Waals surface area contributed by atoms with Crippen LogP contribution in [0.2, 0.25) is 0 Å². The number of likely N-dealkylation sites (tertiary alicyclic amines) is 1. The number of rotatable bonds is 5. The lowest BCUT2D eigenvalue weighted by atomic mass is 9.51. The van der Waals surface area contributed by atoms with E-state index in [0.29, 0.717) is 6.61 Å². The number of aliphatic hydroxyl groups excluding tert-OH is 1. The molecule has 2 amide bonds. The number of ether oxygens (including phenoxy) is 1. The average Bonchev–Trinajstić information content (AvgIpc) is 3.11. The first kappa shape index (κ1) is 22.5. The van der Waals surface area contributed by atoms with E-state index in [2.05, 4.69) is 19.2 Å². The highest BCUT2D eigenvalue weighted by Crippen LogP contribution is 2.55. The molecule has 6 nitrogen and oxygen atoms in total. The number of hydrogen-bond donors (Lipinski definition) is 2. The number of carbonyl (C=O) groups is 2. The number of methoxy groups -OCH3 is 1. The molecule has 0 aromatic heterocycles. The molecule has 1 saturated heterocycles. The molecule has 3 fully saturated rings. The van der Waals surface area contributed by atoms with Crippen LogP contribution in [-0.2, 0) is 14.3 Å². The van der Waals surface area contributed by atoms with E-state index in [-0.39, 0.29) is 53.0 Å². The predicted molar refractivity (Wildman–Crippen MR) is 112 cm³/mol. The second-order valence-corrected chi connectivity index (χ2v) is 10.1. The Morgan fingerprint density at radius 3 is 2.62 bits per heavy atom. The van der Waals surface area contributed by atoms with Crippen molar-refractivity contribution in [2.45, 2.75) is 84.4 Å². The van der Waals surface area contributed by atoms with Crippen LogP contribution in [0.1, 0.15) is 66.2 Å². The van der Waals surface area contributed by atoms with E-state index in [9.17, 15) is 14.7 Å². The van der Waals surface area contributed by atoms with Crippen LogP contribution in [0.15, 0.2) is 0 Å². The Morgan fingerprint density at radius 2 is 1.97 bits per heavy atom. The number of hydrogen-bond acceptors (Lipinski definition) is 4. The Morgan fingerprint density at radius 1 is 1.28 bits per heavy atom. The fourth-order valence-electron chi connectivity index (χ4n) is 6.69. The normalized spacial score (nSPS) is 41.0. The molecule has 2 N–H and O–H groups in total. The summed E-state index contributed by atoms with van der Waals surface area (Å²) in [5.74, 6) is 0.248. The topological polar surface area (TPSA) is 78.9 Å². The summed E-state index contributed by atoms with van der Waals surface area (Å²) in [6, 6.07) is 0.272. The van der Waals surface area contributed by atoms with E-state index in [1.807, 2.05) is 11.8 Å². The summed E-state index contributed by atoms with van der Waals surface area (Å²) in [7, 11) is 1.69. The molecule has 1 aliphatic heterocycles. The standard InChI is InChI=1S/C23H40N2O4/c1-14(22(28)25-12-6-7-17(25)13-29-5)18-8-10-23(4)11-9-19(24-16(3)26)15(2)20(23)21(18)27/h14-15,17-21,27H,6-13H2,1-5H3,(H,24,26)/t14?,15-,17-,18+,19+,20-,21+,23+/m1/s1. The fourth-order valence-corrected chi connectivity index (χ4v) is 6.69. The van der Waals surface area contributed by atoms with Gasteiger partial charge in [0.25, 0.3) is 0 Å². The summed E-state index contributed by atoms with van der Waals surface area (Å²) in [5.41, 5.74) is 0.0826. The lowest BCUT2D eigenvalue weighted by Gasteiger charge is -2.56. The minimum absolute atomic E-state index is 0.00549. The zero-order valence-corrected chi connectivity index (χ0v) is 18.8. The molecule has 29 heavy (non-hydrogen) atoms. The summed E-state index contributed by atoms with van der Waals surface area (Å²) in [6.45, 7) is 9.40. The Hall–Kier alpha value is -1.14. The van der Waals surface area contributed by atoms with Gasteiger partial charge in [0.05, 0.1) is 18.8 Å². The summed E-state index contributed by atoms with van der Waals surface area (Å²) in [4.78, 5) is 26.9. The molecule has 1 heterocycles. The third-order valence-electron chi connectivity index (χ3n) is 8.33. The molecule has 6 heteroatoms. The van der Waals surface area contributed by atoms with Crippen LogP contribution in [0.3, 0.4) is 0 Å². The summed E-state index contributed by atoms with van der Waals surface area (Å²) < 4.78 is 5.32. The highest BCUT2D eigenvalue weighted by Gasteiger charge is 2.54. The Labute approximate surface area is 175 Å². The number of nitrogens with one attached hydrogen (secondary N) is 1. The van der Waals surface area contributed by atoms with E-state index in [1.54, 1.807) is 14.0 Å². The van der Waals surface area contributed by atoms with Crippen molar-refractivity contribution >= 4 is 11.8 Å². The molecule has 0 bridgehead atoms. The molecule has 1 unspecified atom stereocenters. The van der Waals surface area contributed by atoms with Crippen molar-refractivity contribution in [3.05, 3.63) is 0 Å². The second-order valence-electron chi connectivity index (χ2n) is 10.1. The van der Waals surface area contributed by atoms with Gasteiger partial charge in [0.15, 0.2) is 0 Å². The van der Waals surface area contributed by atoms with Crippen LogP contribution >= 0.6 is 0 Å². The van der Waals surface area contributed by atoms with Crippen LogP contribution in [0, 0.1) is 29.1 Å². The number of fused-ring (bicyclic) bond motifs is 1. The zero-order chi connectivity index (χ0) is 21.3. The number of aliphatic hydroxyl groups is 1. The van der Waals surface area contributed by atoms with Gasteiger partial charge in [0.1, 0.15) is 0 Å². The molecule has 0 aromatic rings. The third-order valence-corrected chi connectivity index (χ3v) is 8.33. The molecule has 2 aliphatic carbocycles. The monoisotopic (exact) mass is 408 g/mol. The van der Waals surface area contributed by atoms with Gasteiger partial charge in [0, 0.05) is 32.5 Å². The molecule has 3 aliphatic rings. The van der Waals surface area contributed by atoms with E-state index in [0.717, 1.165) is 45.1 Å². The summed E-state index contributed by atoms with van der Waals surface area (Å²) in [5, 5.41) is 14.6. The van der Waals surface area contributed by atoms with Crippen LogP contribution in [-0.4, -0.2) is 60.3 Å². The molecule has 8 atom stereocenters. The van der Waals surface area contributed by atoms with Gasteiger partial charge in [-0.2, -0.15) is 0 Å². The van der Waals surface area contributed by atoms with Gasteiger partial charge < -0.3 is 20.1 Å². The smallest absolute Gasteiger partial charge is 0.226 e. The molecule has 166 valence electrons. The maximum Gasteiger partial charge on any atom is 0.226 e. The molecule has 0 radical (unpaired) electrons. The Balaban J connectivity index is 1.74. The Kier molecular flexibility index (Phi) is 6.94. The van der Waals surface area contributed by atoms with Gasteiger partial charge in [-0.1, -0.05) is 20.8 Å². The van der Waals surface area contributed by atoms with E-state index in [1.165, 1.54) is 0 Å². The van der Waals surface area contributed by atoms with Gasteiger partial charge in [-0.25, -0.2) is 0 Å². The van der Waals surface area contributed by atoms with Gasteiger partial charge in [-0.3, -0.25) is 9.59 Å². The minimum Gasteiger partial charge on any atom is -0.392 e. The van der Waals surface area contributed by atoms with E-state index >= 15 is 0 Å². The van der Waals surface area contributed by atoms with Crippen LogP contribution < -0.4 is 5.32 Å². The summed E-state index contributed by atoms with van der Waals surface area (Å²) in [6.07, 6.45) is 5.41. The first-order valence-corrected chi connectivity index (χ1v) is 11.4. The minimum atomic E-state index is -0.511. The molecule has 2 saturated carbocycles. The fraction of sp³-hybridized carbons (Fsp3) is 0.913. The van der Waals surface area contributed by atoms with Gasteiger partial charge in [-0.05, 0) is 61.7 Å². The van der Waals surface area contributed by atoms with Crippen LogP contribution in [0.25, 0.3) is 0 Å². The van der Waals surface area contributed by atoms with Crippen molar-refractivity contribution in [1.29, 1.82) is 0 Å². The third kappa shape index (κ3) is 4.34. The van der Waals surface area contributed by atoms with Crippen molar-refractivity contribution in [3.8, 4) is 0 Å². The highest BCUT2D eigenvalue weighted by molar-refractivity contribution is 5.79. The maximum atomic E-state index is 13.3. The molecule has 0 spiro atoms. The van der Waals surface area contributed by atoms with Crippen molar-refractivity contribution in [1.82, 2.24) is 10.2 Å². The lowest BCUT2D eigenvalue weighted by molar-refractivity contribution is -0.152. The first-order valence-electron chi connectivity index (χ1n) is 11.4. The van der Waals surface area contributed by atoms with Crippen molar-refractivity contribution < 1.29 is 19.4 Å². The zero-order valence-electron chi connectivity index (χ0n) is 18.8. The molecule has 3 rings (SSSR count). The number of amides is 2. The predicted octanol–water partition coefficient (Wildman–Crippen LogP) is 2.59. The van der Waals surface area contributed by atoms with E-state index < -0.39 is 6.10 Å². The largest absolute Gasteiger partial charge is 0.392 e. The van der Waals surface area contributed by atoms with Gasteiger partial charge in [-0.15, -0.1) is 0 Å². The maximum absolute atomic E-state index is 13.3. The van der Waals surface area contributed by atoms with Gasteiger partial charge in [0.2, 0.25) is 11.8 Å². The quantitative estimate of drug-likeness (QED) is 0.733. The lowest BCUT2D eigenvalue weighted by Crippen LogP contribution is -2.58. The first-order chi connectivity index (χ1) is 13.7. The van der Waals surface area contributed by atoms with Crippen molar-refractivity contribution in [3.63, 3.8) is 0 Å². The average molecular weight is 409 g/mol. The number of carbonyl (C=O) groups excluding carboxylic acids is 2. The van der Waals surface area contributed by atoms with Crippen LogP contribution in [0.4, 0.5) is 0 Å².